The van der Waals surface area contributed by atoms with E-state index in [1.54, 1.807) is 31.2 Å². The number of aryl methyl sites for hydroxylation is 1. The van der Waals surface area contributed by atoms with Crippen LogP contribution < -0.4 is 15.0 Å². The van der Waals surface area contributed by atoms with Gasteiger partial charge >= 0.3 is 0 Å². The molecule has 0 bridgehead atoms. The molecule has 188 valence electrons. The van der Waals surface area contributed by atoms with Gasteiger partial charge in [0.1, 0.15) is 24.6 Å². The Labute approximate surface area is 210 Å². The zero-order valence-electron chi connectivity index (χ0n) is 20.2. The van der Waals surface area contributed by atoms with Crippen LogP contribution >= 0.6 is 11.6 Å². The predicted molar refractivity (Wildman–Crippen MR) is 134 cm³/mol. The smallest absolute Gasteiger partial charge is 0.297 e. The Balaban J connectivity index is 1.66. The maximum atomic E-state index is 12.4. The van der Waals surface area contributed by atoms with Crippen molar-refractivity contribution < 1.29 is 22.1 Å². The Morgan fingerprint density at radius 2 is 1.69 bits per heavy atom. The Bertz CT molecular complexity index is 1300. The van der Waals surface area contributed by atoms with Crippen LogP contribution in [-0.4, -0.2) is 31.3 Å². The summed E-state index contributed by atoms with van der Waals surface area (Å²) in [7, 11) is -3.89. The topological polar surface area (TPSA) is 108 Å². The van der Waals surface area contributed by atoms with Gasteiger partial charge in [-0.25, -0.2) is 5.10 Å². The van der Waals surface area contributed by atoms with E-state index in [9.17, 15) is 13.2 Å². The van der Waals surface area contributed by atoms with Gasteiger partial charge in [0.25, 0.3) is 15.7 Å². The molecule has 0 amide bonds. The second-order valence-electron chi connectivity index (χ2n) is 9.30. The highest BCUT2D eigenvalue weighted by molar-refractivity contribution is 7.86. The number of aromatic nitrogens is 2. The number of hydrogen-bond donors (Lipinski definition) is 1. The number of hydrogen-bond acceptors (Lipinski definition) is 7. The van der Waals surface area contributed by atoms with Crippen molar-refractivity contribution in [3.8, 4) is 11.5 Å². The molecule has 0 aliphatic heterocycles. The van der Waals surface area contributed by atoms with Crippen LogP contribution in [0.15, 0.2) is 64.4 Å². The van der Waals surface area contributed by atoms with Crippen LogP contribution in [0, 0.1) is 12.3 Å². The monoisotopic (exact) mass is 520 g/mol. The maximum Gasteiger partial charge on any atom is 0.297 e. The van der Waals surface area contributed by atoms with E-state index in [0.717, 1.165) is 11.1 Å². The first-order chi connectivity index (χ1) is 16.4. The van der Waals surface area contributed by atoms with Crippen molar-refractivity contribution in [3.05, 3.63) is 81.2 Å². The lowest BCUT2D eigenvalue weighted by Crippen LogP contribution is -2.25. The van der Waals surface area contributed by atoms with Crippen molar-refractivity contribution in [2.24, 2.45) is 5.41 Å². The molecule has 2 aromatic carbocycles. The molecule has 2 unspecified atom stereocenters. The Hall–Kier alpha value is -2.88. The van der Waals surface area contributed by atoms with Gasteiger partial charge in [-0.3, -0.25) is 8.98 Å². The molecular weight excluding hydrogens is 492 g/mol. The second-order valence-corrected chi connectivity index (χ2v) is 11.2. The third-order valence-electron chi connectivity index (χ3n) is 5.06. The molecule has 0 aliphatic rings. The lowest BCUT2D eigenvalue weighted by Gasteiger charge is -2.31. The summed E-state index contributed by atoms with van der Waals surface area (Å²) in [5.41, 5.74) is 0.940. The summed E-state index contributed by atoms with van der Waals surface area (Å²) in [6.07, 6.45) is 0.239. The van der Waals surface area contributed by atoms with Crippen molar-refractivity contribution in [2.75, 3.05) is 6.61 Å². The van der Waals surface area contributed by atoms with Crippen molar-refractivity contribution >= 4 is 21.7 Å². The molecule has 1 N–H and O–H groups in total. The van der Waals surface area contributed by atoms with Crippen LogP contribution in [0.3, 0.4) is 0 Å². The highest BCUT2D eigenvalue weighted by Gasteiger charge is 2.29. The van der Waals surface area contributed by atoms with Crippen LogP contribution in [-0.2, 0) is 14.3 Å². The molecule has 3 rings (SSSR count). The zero-order chi connectivity index (χ0) is 25.8. The molecule has 0 saturated heterocycles. The summed E-state index contributed by atoms with van der Waals surface area (Å²) < 4.78 is 42.0. The van der Waals surface area contributed by atoms with Gasteiger partial charge in [0.15, 0.2) is 10.8 Å². The molecule has 10 heteroatoms. The Kier molecular flexibility index (Phi) is 8.25. The van der Waals surface area contributed by atoms with E-state index >= 15 is 0 Å². The molecule has 3 aromatic rings. The molecule has 35 heavy (non-hydrogen) atoms. The van der Waals surface area contributed by atoms with Gasteiger partial charge in [-0.1, -0.05) is 62.2 Å². The third-order valence-corrected chi connectivity index (χ3v) is 6.85. The first kappa shape index (κ1) is 26.7. The molecule has 2 atom stereocenters. The summed E-state index contributed by atoms with van der Waals surface area (Å²) in [4.78, 5) is 11.9. The molecule has 0 radical (unpaired) electrons. The van der Waals surface area contributed by atoms with Gasteiger partial charge in [-0.05, 0) is 43.7 Å². The lowest BCUT2D eigenvalue weighted by molar-refractivity contribution is 0.0861. The number of benzene rings is 2. The van der Waals surface area contributed by atoms with Gasteiger partial charge in [-0.2, -0.15) is 13.5 Å². The number of rotatable bonds is 9. The van der Waals surface area contributed by atoms with E-state index in [0.29, 0.717) is 5.75 Å². The molecule has 0 saturated carbocycles. The molecule has 0 fully saturated rings. The first-order valence-corrected chi connectivity index (χ1v) is 12.8. The van der Waals surface area contributed by atoms with Gasteiger partial charge in [0, 0.05) is 5.41 Å². The van der Waals surface area contributed by atoms with Crippen molar-refractivity contribution in [2.45, 2.75) is 51.7 Å². The molecule has 8 nitrogen and oxygen atoms in total. The zero-order valence-corrected chi connectivity index (χ0v) is 21.8. The minimum Gasteiger partial charge on any atom is -0.491 e. The van der Waals surface area contributed by atoms with Crippen LogP contribution in [0.1, 0.15) is 44.9 Å². The summed E-state index contributed by atoms with van der Waals surface area (Å²) in [6.45, 7) is 9.56. The first-order valence-electron chi connectivity index (χ1n) is 11.0. The van der Waals surface area contributed by atoms with Crippen molar-refractivity contribution in [1.82, 2.24) is 10.2 Å². The molecule has 1 aromatic heterocycles. The predicted octanol–water partition coefficient (Wildman–Crippen LogP) is 5.07. The maximum absolute atomic E-state index is 12.4. The number of ether oxygens (including phenoxy) is 2. The van der Waals surface area contributed by atoms with Gasteiger partial charge in [0.2, 0.25) is 0 Å². The van der Waals surface area contributed by atoms with Gasteiger partial charge < -0.3 is 9.47 Å². The SMILES string of the molecule is Cc1ccc(S(=O)(=O)OC(C)COc2ccc(C(Oc3cn[nH]c(=O)c3Cl)C(C)(C)C)cc2)cc1. The van der Waals surface area contributed by atoms with Crippen LogP contribution in [0.25, 0.3) is 0 Å². The summed E-state index contributed by atoms with van der Waals surface area (Å²) in [5.74, 6) is 0.733. The van der Waals surface area contributed by atoms with Crippen molar-refractivity contribution in [1.29, 1.82) is 0 Å². The molecule has 0 spiro atoms. The van der Waals surface area contributed by atoms with E-state index in [2.05, 4.69) is 10.2 Å². The third kappa shape index (κ3) is 7.06. The Morgan fingerprint density at radius 3 is 2.29 bits per heavy atom. The fourth-order valence-electron chi connectivity index (χ4n) is 3.28. The van der Waals surface area contributed by atoms with Crippen LogP contribution in [0.4, 0.5) is 0 Å². The normalized spacial score (nSPS) is 13.8. The fraction of sp³-hybridized carbons (Fsp3) is 0.360. The number of nitrogens with zero attached hydrogens (tertiary/aromatic N) is 1. The number of aromatic amines is 1. The summed E-state index contributed by atoms with van der Waals surface area (Å²) in [5, 5.41) is 5.96. The van der Waals surface area contributed by atoms with Crippen LogP contribution in [0.5, 0.6) is 11.5 Å². The minimum atomic E-state index is -3.89. The lowest BCUT2D eigenvalue weighted by atomic mass is 9.84. The average Bonchev–Trinajstić information content (AvgIpc) is 2.78. The Morgan fingerprint density at radius 1 is 1.06 bits per heavy atom. The standard InChI is InChI=1S/C25H29ClN2O6S/c1-16-6-12-20(13-7-16)35(30,31)34-17(2)15-32-19-10-8-18(9-11-19)23(25(3,4)5)33-21-14-27-28-24(29)22(21)26/h6-14,17,23H,15H2,1-5H3,(H,28,29). The summed E-state index contributed by atoms with van der Waals surface area (Å²) >= 11 is 6.08. The minimum absolute atomic E-state index is 0.0394. The van der Waals surface area contributed by atoms with Crippen molar-refractivity contribution in [3.63, 3.8) is 0 Å². The van der Waals surface area contributed by atoms with E-state index in [-0.39, 0.29) is 27.7 Å². The van der Waals surface area contributed by atoms with E-state index < -0.39 is 27.9 Å². The average molecular weight is 521 g/mol. The van der Waals surface area contributed by atoms with Crippen LogP contribution in [0.2, 0.25) is 5.02 Å². The highest BCUT2D eigenvalue weighted by atomic mass is 35.5. The van der Waals surface area contributed by atoms with Gasteiger partial charge in [-0.15, -0.1) is 0 Å². The number of nitrogens with one attached hydrogen (secondary N) is 1. The largest absolute Gasteiger partial charge is 0.491 e. The van der Waals surface area contributed by atoms with Gasteiger partial charge in [0.05, 0.1) is 11.1 Å². The fourth-order valence-corrected chi connectivity index (χ4v) is 4.48. The molecular formula is C25H29ClN2O6S. The summed E-state index contributed by atoms with van der Waals surface area (Å²) in [6, 6.07) is 13.7. The van der Waals surface area contributed by atoms with E-state index in [4.69, 9.17) is 25.3 Å². The second kappa shape index (κ2) is 10.8. The highest BCUT2D eigenvalue weighted by Crippen LogP contribution is 2.38. The number of halogens is 1. The molecule has 1 heterocycles. The van der Waals surface area contributed by atoms with E-state index in [1.807, 2.05) is 39.8 Å². The van der Waals surface area contributed by atoms with E-state index in [1.165, 1.54) is 18.3 Å². The number of H-pyrrole nitrogens is 1. The quantitative estimate of drug-likeness (QED) is 0.392. The molecule has 0 aliphatic carbocycles.